The third-order valence-corrected chi connectivity index (χ3v) is 11.0. The van der Waals surface area contributed by atoms with Crippen molar-refractivity contribution >= 4 is 25.8 Å². The molecule has 0 spiro atoms. The van der Waals surface area contributed by atoms with Crippen molar-refractivity contribution in [1.29, 1.82) is 0 Å². The fourth-order valence-electron chi connectivity index (χ4n) is 4.47. The molecule has 0 rings (SSSR count). The van der Waals surface area contributed by atoms with Gasteiger partial charge in [-0.2, -0.15) is 0 Å². The Morgan fingerprint density at radius 1 is 0.625 bits per heavy atom. The fraction of sp³-hybridized carbons (Fsp3) is 0.897. The molecule has 0 radical (unpaired) electrons. The highest BCUT2D eigenvalue weighted by molar-refractivity contribution is 6.79. The van der Waals surface area contributed by atoms with Crippen LogP contribution in [-0.2, 0) is 28.6 Å². The summed E-state index contributed by atoms with van der Waals surface area (Å²) in [6.07, 6.45) is 6.07. The summed E-state index contributed by atoms with van der Waals surface area (Å²) < 4.78 is 17.0. The zero-order valence-corrected chi connectivity index (χ0v) is 27.7. The predicted octanol–water partition coefficient (Wildman–Crippen LogP) is 3.16. The minimum Gasteiger partial charge on any atom is -0.379 e. The van der Waals surface area contributed by atoms with Crippen LogP contribution in [0.2, 0.25) is 18.6 Å². The van der Waals surface area contributed by atoms with Crippen LogP contribution in [0, 0.1) is 0 Å². The summed E-state index contributed by atoms with van der Waals surface area (Å²) in [5.41, 5.74) is 0.600. The monoisotopic (exact) mass is 588 g/mol. The van der Waals surface area contributed by atoms with E-state index in [1.54, 1.807) is 0 Å². The van der Waals surface area contributed by atoms with Crippen molar-refractivity contribution in [2.45, 2.75) is 117 Å². The first-order valence-electron chi connectivity index (χ1n) is 15.5. The molecule has 0 saturated carbocycles. The third-order valence-electron chi connectivity index (χ3n) is 6.93. The molecule has 0 aromatic rings. The molecule has 11 heteroatoms. The second-order valence-corrected chi connectivity index (χ2v) is 16.2. The van der Waals surface area contributed by atoms with Gasteiger partial charge in [0, 0.05) is 26.0 Å². The Bertz CT molecular complexity index is 693. The Balaban J connectivity index is 5.61. The van der Waals surface area contributed by atoms with E-state index in [4.69, 9.17) is 14.2 Å². The van der Waals surface area contributed by atoms with Gasteiger partial charge >= 0.3 is 0 Å². The van der Waals surface area contributed by atoms with Gasteiger partial charge in [-0.1, -0.05) is 67.5 Å². The lowest BCUT2D eigenvalue weighted by atomic mass is 10.2. The lowest BCUT2D eigenvalue weighted by molar-refractivity contribution is -0.135. The van der Waals surface area contributed by atoms with Gasteiger partial charge in [-0.3, -0.25) is 14.4 Å². The Morgan fingerprint density at radius 3 is 1.48 bits per heavy atom. The smallest absolute Gasteiger partial charge is 0.245 e. The van der Waals surface area contributed by atoms with E-state index in [0.29, 0.717) is 38.1 Å². The first-order chi connectivity index (χ1) is 19.1. The molecule has 0 aliphatic carbocycles. The number of nitrogens with one attached hydrogen (secondary N) is 4. The quantitative estimate of drug-likeness (QED) is 0.0953. The van der Waals surface area contributed by atoms with Crippen molar-refractivity contribution in [2.75, 3.05) is 52.4 Å². The maximum Gasteiger partial charge on any atom is 0.245 e. The largest absolute Gasteiger partial charge is 0.379 e. The summed E-state index contributed by atoms with van der Waals surface area (Å²) in [5, 5.41) is 11.9. The Labute approximate surface area is 244 Å². The predicted molar refractivity (Wildman–Crippen MR) is 164 cm³/mol. The average molecular weight is 589 g/mol. The van der Waals surface area contributed by atoms with Crippen molar-refractivity contribution in [3.05, 3.63) is 0 Å². The van der Waals surface area contributed by atoms with E-state index in [2.05, 4.69) is 48.2 Å². The van der Waals surface area contributed by atoms with Crippen molar-refractivity contribution in [2.24, 2.45) is 0 Å². The Morgan fingerprint density at radius 2 is 1.05 bits per heavy atom. The molecule has 236 valence electrons. The second kappa shape index (κ2) is 23.1. The number of carbonyl (C=O) groups is 3. The van der Waals surface area contributed by atoms with Gasteiger partial charge in [0.25, 0.3) is 0 Å². The maximum absolute atomic E-state index is 13.4. The lowest BCUT2D eigenvalue weighted by Crippen LogP contribution is -2.60. The SMILES string of the molecule is CCCNC(COCCC)C(=O)NC(COCCC)C(=O)NC(COCCC)C(=O)NC[Si](C)(C)C(CC)CC. The highest BCUT2D eigenvalue weighted by atomic mass is 28.3. The van der Waals surface area contributed by atoms with Crippen LogP contribution >= 0.6 is 0 Å². The Kier molecular flexibility index (Phi) is 22.2. The molecule has 3 atom stereocenters. The summed E-state index contributed by atoms with van der Waals surface area (Å²) in [7, 11) is -1.70. The van der Waals surface area contributed by atoms with Gasteiger partial charge in [-0.25, -0.2) is 0 Å². The normalized spacial score (nSPS) is 14.0. The van der Waals surface area contributed by atoms with Crippen LogP contribution in [0.3, 0.4) is 0 Å². The molecule has 3 unspecified atom stereocenters. The molecule has 0 fully saturated rings. The van der Waals surface area contributed by atoms with E-state index < -0.39 is 32.1 Å². The summed E-state index contributed by atoms with van der Waals surface area (Å²) >= 11 is 0. The Hall–Kier alpha value is -1.53. The standard InChI is InChI=1S/C29H60N4O6Si/c1-9-15-30-24(19-37-16-10-2)28(35)33-26(21-39-18-12-4)29(36)32-25(20-38-17-11-3)27(34)31-22-40(7,8)23(13-5)14-6/h23-26,30H,9-22H2,1-8H3,(H,31,34)(H,32,36)(H,33,35). The van der Waals surface area contributed by atoms with Crippen LogP contribution in [0.4, 0.5) is 0 Å². The van der Waals surface area contributed by atoms with Gasteiger partial charge < -0.3 is 35.5 Å². The fourth-order valence-corrected chi connectivity index (χ4v) is 7.60. The molecule has 0 saturated heterocycles. The van der Waals surface area contributed by atoms with Crippen molar-refractivity contribution in [3.8, 4) is 0 Å². The second-order valence-electron chi connectivity index (χ2n) is 11.1. The minimum absolute atomic E-state index is 0.000505. The van der Waals surface area contributed by atoms with Gasteiger partial charge in [0.15, 0.2) is 0 Å². The van der Waals surface area contributed by atoms with Crippen LogP contribution in [0.15, 0.2) is 0 Å². The van der Waals surface area contributed by atoms with Gasteiger partial charge in [0.1, 0.15) is 18.1 Å². The van der Waals surface area contributed by atoms with Gasteiger partial charge in [-0.05, 0) is 37.8 Å². The van der Waals surface area contributed by atoms with Crippen LogP contribution in [0.5, 0.6) is 0 Å². The number of ether oxygens (including phenoxy) is 3. The lowest BCUT2D eigenvalue weighted by Gasteiger charge is -2.32. The molecule has 10 nitrogen and oxygen atoms in total. The molecular weight excluding hydrogens is 528 g/mol. The minimum atomic E-state index is -1.70. The highest BCUT2D eigenvalue weighted by Gasteiger charge is 2.33. The number of carbonyl (C=O) groups excluding carboxylic acids is 3. The number of hydrogen-bond acceptors (Lipinski definition) is 7. The average Bonchev–Trinajstić information content (AvgIpc) is 2.93. The molecule has 0 heterocycles. The number of amides is 3. The van der Waals surface area contributed by atoms with Gasteiger partial charge in [0.2, 0.25) is 17.7 Å². The van der Waals surface area contributed by atoms with Gasteiger partial charge in [0.05, 0.1) is 27.9 Å². The molecular formula is C29H60N4O6Si. The summed E-state index contributed by atoms with van der Waals surface area (Å²) in [4.78, 5) is 39.9. The van der Waals surface area contributed by atoms with Gasteiger partial charge in [-0.15, -0.1) is 0 Å². The highest BCUT2D eigenvalue weighted by Crippen LogP contribution is 2.27. The zero-order chi connectivity index (χ0) is 30.4. The molecule has 40 heavy (non-hydrogen) atoms. The molecule has 0 aliphatic heterocycles. The molecule has 0 aromatic heterocycles. The molecule has 4 N–H and O–H groups in total. The van der Waals surface area contributed by atoms with Crippen molar-refractivity contribution < 1.29 is 28.6 Å². The molecule has 0 aromatic carbocycles. The van der Waals surface area contributed by atoms with Crippen LogP contribution in [0.25, 0.3) is 0 Å². The van der Waals surface area contributed by atoms with E-state index in [-0.39, 0.29) is 31.6 Å². The topological polar surface area (TPSA) is 127 Å². The van der Waals surface area contributed by atoms with Crippen LogP contribution in [-0.4, -0.2) is 96.3 Å². The number of rotatable bonds is 25. The zero-order valence-electron chi connectivity index (χ0n) is 26.7. The van der Waals surface area contributed by atoms with Crippen LogP contribution in [0.1, 0.15) is 80.1 Å². The third kappa shape index (κ3) is 16.0. The van der Waals surface area contributed by atoms with E-state index in [0.717, 1.165) is 38.5 Å². The van der Waals surface area contributed by atoms with E-state index in [1.807, 2.05) is 27.7 Å². The molecule has 3 amide bonds. The van der Waals surface area contributed by atoms with E-state index in [1.165, 1.54) is 0 Å². The molecule has 0 bridgehead atoms. The van der Waals surface area contributed by atoms with Crippen LogP contribution < -0.4 is 21.3 Å². The van der Waals surface area contributed by atoms with Crippen molar-refractivity contribution in [3.63, 3.8) is 0 Å². The first-order valence-corrected chi connectivity index (χ1v) is 18.7. The van der Waals surface area contributed by atoms with E-state index >= 15 is 0 Å². The van der Waals surface area contributed by atoms with E-state index in [9.17, 15) is 14.4 Å². The number of hydrogen-bond donors (Lipinski definition) is 4. The molecule has 0 aliphatic rings. The van der Waals surface area contributed by atoms with Crippen molar-refractivity contribution in [1.82, 2.24) is 21.3 Å². The first kappa shape index (κ1) is 38.5. The summed E-state index contributed by atoms with van der Waals surface area (Å²) in [5.74, 6) is -1.10. The maximum atomic E-state index is 13.4. The summed E-state index contributed by atoms with van der Waals surface area (Å²) in [6.45, 7) is 19.3. The summed E-state index contributed by atoms with van der Waals surface area (Å²) in [6, 6.07) is -2.44.